The van der Waals surface area contributed by atoms with Gasteiger partial charge in [-0.15, -0.1) is 5.00 Å². The van der Waals surface area contributed by atoms with Gasteiger partial charge in [-0.3, -0.25) is 0 Å². The van der Waals surface area contributed by atoms with Gasteiger partial charge in [0.1, 0.15) is 17.0 Å². The summed E-state index contributed by atoms with van der Waals surface area (Å²) in [4.78, 5) is 28.5. The number of nitriles is 1. The fourth-order valence-electron chi connectivity index (χ4n) is 4.20. The number of oxime groups is 1. The maximum atomic E-state index is 12.0. The number of ether oxygens (including phenoxy) is 2. The lowest BCUT2D eigenvalue weighted by Gasteiger charge is -2.27. The topological polar surface area (TPSA) is 174 Å². The molecule has 214 valence electrons. The lowest BCUT2D eigenvalue weighted by Crippen LogP contribution is -2.38. The molecule has 0 aromatic heterocycles. The van der Waals surface area contributed by atoms with E-state index in [-0.39, 0.29) is 36.0 Å². The monoisotopic (exact) mass is 548 g/mol. The van der Waals surface area contributed by atoms with E-state index in [4.69, 9.17) is 30.9 Å². The average molecular weight is 549 g/mol. The molecule has 2 fully saturated rings. The van der Waals surface area contributed by atoms with Gasteiger partial charge in [0, 0.05) is 49.8 Å². The van der Waals surface area contributed by atoms with Gasteiger partial charge in [0.2, 0.25) is 0 Å². The molecule has 5 N–H and O–H groups in total. The number of amidine groups is 1. The summed E-state index contributed by atoms with van der Waals surface area (Å²) in [7, 11) is 0. The van der Waals surface area contributed by atoms with Crippen LogP contribution < -0.4 is 10.7 Å². The normalized spacial score (nSPS) is 23.8. The van der Waals surface area contributed by atoms with E-state index in [1.54, 1.807) is 9.80 Å². The molecule has 12 nitrogen and oxygen atoms in total. The van der Waals surface area contributed by atoms with Crippen LogP contribution in [0.3, 0.4) is 0 Å². The molecule has 4 atom stereocenters. The van der Waals surface area contributed by atoms with Crippen LogP contribution in [0.15, 0.2) is 5.16 Å². The maximum Gasteiger partial charge on any atom is 0.410 e. The van der Waals surface area contributed by atoms with E-state index in [0.29, 0.717) is 31.8 Å². The summed E-state index contributed by atoms with van der Waals surface area (Å²) in [5.74, 6) is 0.731. The molecule has 2 aliphatic rings. The lowest BCUT2D eigenvalue weighted by atomic mass is 10.0. The minimum atomic E-state index is -0.486. The zero-order valence-electron chi connectivity index (χ0n) is 23.3. The third kappa shape index (κ3) is 14.1. The summed E-state index contributed by atoms with van der Waals surface area (Å²) < 4.78 is 10.7. The van der Waals surface area contributed by atoms with E-state index in [0.717, 1.165) is 12.8 Å². The zero-order valence-corrected chi connectivity index (χ0v) is 24.1. The molecule has 2 aliphatic heterocycles. The SMILES string of the molecule is C[C@H]1CC(C/C(N)=N/O)CN1C(=O)OC(C)(C)C.C[C@H]1CC(CC#N)CN1C(=O)OC(C)(C)C.ONCl. The molecule has 0 spiro atoms. The van der Waals surface area contributed by atoms with Crippen LogP contribution in [-0.2, 0) is 9.47 Å². The van der Waals surface area contributed by atoms with Gasteiger partial charge >= 0.3 is 12.2 Å². The van der Waals surface area contributed by atoms with Gasteiger partial charge in [0.05, 0.1) is 6.07 Å². The molecule has 0 bridgehead atoms. The number of nitrogens with zero attached hydrogens (tertiary/aromatic N) is 4. The van der Waals surface area contributed by atoms with Crippen LogP contribution in [0.4, 0.5) is 9.59 Å². The van der Waals surface area contributed by atoms with Crippen molar-refractivity contribution in [3.8, 4) is 6.07 Å². The number of nitrogens with one attached hydrogen (secondary N) is 1. The number of hydrogen-bond donors (Lipinski definition) is 4. The number of rotatable bonds is 3. The minimum absolute atomic E-state index is 0.122. The number of halogens is 1. The Hall–Kier alpha value is -2.49. The van der Waals surface area contributed by atoms with Crippen LogP contribution >= 0.6 is 11.8 Å². The summed E-state index contributed by atoms with van der Waals surface area (Å²) in [6.07, 6.45) is 2.20. The van der Waals surface area contributed by atoms with Gasteiger partial charge in [-0.05, 0) is 80.1 Å². The summed E-state index contributed by atoms with van der Waals surface area (Å²) in [6, 6.07) is 2.46. The van der Waals surface area contributed by atoms with Crippen molar-refractivity contribution < 1.29 is 29.5 Å². The van der Waals surface area contributed by atoms with Crippen molar-refractivity contribution in [2.75, 3.05) is 13.1 Å². The average Bonchev–Trinajstić information content (AvgIpc) is 3.28. The highest BCUT2D eigenvalue weighted by Gasteiger charge is 2.36. The molecular weight excluding hydrogens is 504 g/mol. The Morgan fingerprint density at radius 1 is 1.03 bits per heavy atom. The molecule has 2 saturated heterocycles. The van der Waals surface area contributed by atoms with E-state index < -0.39 is 11.2 Å². The van der Waals surface area contributed by atoms with Crippen molar-refractivity contribution in [2.45, 2.75) is 104 Å². The Kier molecular flexibility index (Phi) is 14.6. The van der Waals surface area contributed by atoms with Gasteiger partial charge < -0.3 is 35.4 Å². The van der Waals surface area contributed by atoms with E-state index in [2.05, 4.69) is 23.0 Å². The van der Waals surface area contributed by atoms with Gasteiger partial charge in [-0.25, -0.2) is 9.59 Å². The molecule has 13 heteroatoms. The largest absolute Gasteiger partial charge is 0.444 e. The minimum Gasteiger partial charge on any atom is -0.444 e. The molecule has 37 heavy (non-hydrogen) atoms. The fraction of sp³-hybridized carbons (Fsp3) is 0.833. The lowest BCUT2D eigenvalue weighted by molar-refractivity contribution is 0.0223. The molecule has 2 rings (SSSR count). The van der Waals surface area contributed by atoms with Crippen molar-refractivity contribution in [2.24, 2.45) is 22.7 Å². The smallest absolute Gasteiger partial charge is 0.410 e. The molecule has 2 unspecified atom stereocenters. The van der Waals surface area contributed by atoms with E-state index in [9.17, 15) is 9.59 Å². The Morgan fingerprint density at radius 3 is 1.76 bits per heavy atom. The van der Waals surface area contributed by atoms with E-state index in [1.165, 1.54) is 5.00 Å². The van der Waals surface area contributed by atoms with E-state index >= 15 is 0 Å². The number of carbonyl (C=O) groups is 2. The Morgan fingerprint density at radius 2 is 1.41 bits per heavy atom. The molecule has 2 amide bonds. The van der Waals surface area contributed by atoms with Crippen LogP contribution in [0.1, 0.15) is 81.1 Å². The molecule has 0 aromatic rings. The number of amides is 2. The molecule has 2 heterocycles. The van der Waals surface area contributed by atoms with Crippen LogP contribution in [0.2, 0.25) is 0 Å². The van der Waals surface area contributed by atoms with E-state index in [1.807, 2.05) is 55.4 Å². The predicted molar refractivity (Wildman–Crippen MR) is 140 cm³/mol. The van der Waals surface area contributed by atoms with Crippen LogP contribution in [0.25, 0.3) is 0 Å². The first-order chi connectivity index (χ1) is 17.0. The summed E-state index contributed by atoms with van der Waals surface area (Å²) in [6.45, 7) is 16.3. The molecular formula is C24H45ClN6O6. The summed E-state index contributed by atoms with van der Waals surface area (Å²) in [5.41, 5.74) is 4.55. The highest BCUT2D eigenvalue weighted by Crippen LogP contribution is 2.28. The van der Waals surface area contributed by atoms with Crippen molar-refractivity contribution in [3.63, 3.8) is 0 Å². The third-order valence-corrected chi connectivity index (χ3v) is 5.59. The Balaban J connectivity index is 0.000000637. The number of likely N-dealkylation sites (tertiary alicyclic amines) is 2. The highest BCUT2D eigenvalue weighted by molar-refractivity contribution is 6.12. The van der Waals surface area contributed by atoms with Gasteiger partial charge in [-0.2, -0.15) is 5.26 Å². The van der Waals surface area contributed by atoms with Crippen molar-refractivity contribution in [1.82, 2.24) is 14.8 Å². The first-order valence-corrected chi connectivity index (χ1v) is 12.7. The number of nitrogens with two attached hydrogens (primary N) is 1. The van der Waals surface area contributed by atoms with Crippen LogP contribution in [-0.4, -0.2) is 74.6 Å². The zero-order chi connectivity index (χ0) is 29.0. The van der Waals surface area contributed by atoms with Gasteiger partial charge in [-0.1, -0.05) is 5.16 Å². The van der Waals surface area contributed by atoms with Crippen LogP contribution in [0.5, 0.6) is 0 Å². The van der Waals surface area contributed by atoms with Crippen molar-refractivity contribution >= 4 is 29.8 Å². The standard InChI is InChI=1S/C12H23N3O3.C12H20N2O2.ClH2NO/c1-8-5-9(6-10(13)14-17)7-15(8)11(16)18-12(2,3)4;1-9-7-10(5-6-13)8-14(9)11(15)16-12(2,3)4;1-2-3/h8-9,17H,5-7H2,1-4H3,(H2,13,14);9-10H,5,7-8H2,1-4H3;2-3H/t8-,9?;9-,10?;/m00./s1. The number of carbonyl (C=O) groups excluding carboxylic acids is 2. The highest BCUT2D eigenvalue weighted by atomic mass is 35.5. The second-order valence-corrected chi connectivity index (χ2v) is 11.6. The number of hydrogen-bond acceptors (Lipinski definition) is 9. The predicted octanol–water partition coefficient (Wildman–Crippen LogP) is 4.43. The van der Waals surface area contributed by atoms with Crippen LogP contribution in [0, 0.1) is 23.2 Å². The quantitative estimate of drug-likeness (QED) is 0.131. The fourth-order valence-corrected chi connectivity index (χ4v) is 4.20. The Bertz CT molecular complexity index is 792. The van der Waals surface area contributed by atoms with Gasteiger partial charge in [0.25, 0.3) is 0 Å². The van der Waals surface area contributed by atoms with Gasteiger partial charge in [0.15, 0.2) is 0 Å². The third-order valence-electron chi connectivity index (χ3n) is 5.59. The molecule has 0 radical (unpaired) electrons. The molecule has 0 aliphatic carbocycles. The maximum absolute atomic E-state index is 12.0. The molecule has 0 aromatic carbocycles. The first kappa shape index (κ1) is 34.5. The van der Waals surface area contributed by atoms with Crippen molar-refractivity contribution in [1.29, 1.82) is 5.26 Å². The van der Waals surface area contributed by atoms with Crippen molar-refractivity contribution in [3.05, 3.63) is 0 Å². The summed E-state index contributed by atoms with van der Waals surface area (Å²) in [5, 5.41) is 27.2. The Labute approximate surface area is 225 Å². The second-order valence-electron chi connectivity index (χ2n) is 11.4. The first-order valence-electron chi connectivity index (χ1n) is 12.3. The second kappa shape index (κ2) is 15.7. The molecule has 0 saturated carbocycles. The summed E-state index contributed by atoms with van der Waals surface area (Å²) >= 11 is 4.30.